The molecule has 0 aliphatic heterocycles. The average Bonchev–Trinajstić information content (AvgIpc) is 3.71. The van der Waals surface area contributed by atoms with E-state index in [4.69, 9.17) is 4.98 Å². The SMILES string of the molecule is Cc1cn(-c2ccnc3[nH]c(-c4n[nH]c5ccc(-c6cncc(NC(=O)c7ccccc7)c6)nc45)cc23)cn1. The monoisotopic (exact) mass is 511 g/mol. The fourth-order valence-corrected chi connectivity index (χ4v) is 4.61. The molecule has 0 unspecified atom stereocenters. The van der Waals surface area contributed by atoms with Gasteiger partial charge in [0.15, 0.2) is 0 Å². The normalized spacial score (nSPS) is 11.3. The van der Waals surface area contributed by atoms with E-state index in [1.165, 1.54) is 0 Å². The van der Waals surface area contributed by atoms with Crippen molar-refractivity contribution in [3.8, 4) is 28.3 Å². The van der Waals surface area contributed by atoms with Crippen molar-refractivity contribution < 1.29 is 4.79 Å². The molecule has 3 N–H and O–H groups in total. The number of nitrogens with zero attached hydrogens (tertiary/aromatic N) is 6. The van der Waals surface area contributed by atoms with E-state index < -0.39 is 0 Å². The lowest BCUT2D eigenvalue weighted by Gasteiger charge is -2.07. The summed E-state index contributed by atoms with van der Waals surface area (Å²) in [6.45, 7) is 1.96. The number of amides is 1. The molecule has 0 aliphatic rings. The molecule has 0 saturated carbocycles. The summed E-state index contributed by atoms with van der Waals surface area (Å²) in [7, 11) is 0. The number of imidazole rings is 1. The number of pyridine rings is 3. The van der Waals surface area contributed by atoms with Crippen molar-refractivity contribution >= 4 is 33.7 Å². The molecule has 0 fully saturated rings. The Morgan fingerprint density at radius 3 is 2.74 bits per heavy atom. The zero-order chi connectivity index (χ0) is 26.3. The quantitative estimate of drug-likeness (QED) is 0.287. The number of nitrogens with one attached hydrogen (secondary N) is 3. The first-order chi connectivity index (χ1) is 19.1. The van der Waals surface area contributed by atoms with Gasteiger partial charge in [0.05, 0.1) is 46.5 Å². The van der Waals surface area contributed by atoms with Gasteiger partial charge in [-0.05, 0) is 49.4 Å². The standard InChI is InChI=1S/C29H21N9O/c1-17-15-38(16-32-17)25-9-10-31-28-21(25)12-24(35-28)27-26-23(36-37-27)8-7-22(34-26)19-11-20(14-30-13-19)33-29(39)18-5-3-2-4-6-18/h2-16H,1H3,(H,31,35)(H,33,39)(H,36,37). The Balaban J connectivity index is 1.25. The Bertz CT molecular complexity index is 1980. The number of fused-ring (bicyclic) bond motifs is 2. The van der Waals surface area contributed by atoms with E-state index in [1.54, 1.807) is 37.1 Å². The molecule has 0 aliphatic carbocycles. The van der Waals surface area contributed by atoms with Crippen LogP contribution in [0.25, 0.3) is 50.4 Å². The molecular formula is C29H21N9O. The summed E-state index contributed by atoms with van der Waals surface area (Å²) in [6.07, 6.45) is 8.87. The highest BCUT2D eigenvalue weighted by molar-refractivity contribution is 6.04. The fourth-order valence-electron chi connectivity index (χ4n) is 4.61. The van der Waals surface area contributed by atoms with Gasteiger partial charge in [0, 0.05) is 35.1 Å². The van der Waals surface area contributed by atoms with Crippen LogP contribution in [0, 0.1) is 6.92 Å². The summed E-state index contributed by atoms with van der Waals surface area (Å²) in [5.74, 6) is -0.201. The van der Waals surface area contributed by atoms with Crippen LogP contribution in [0.2, 0.25) is 0 Å². The lowest BCUT2D eigenvalue weighted by molar-refractivity contribution is 0.102. The number of hydrogen-bond donors (Lipinski definition) is 3. The Kier molecular flexibility index (Phi) is 5.22. The van der Waals surface area contributed by atoms with Gasteiger partial charge in [-0.25, -0.2) is 15.0 Å². The molecule has 7 aromatic rings. The fraction of sp³-hybridized carbons (Fsp3) is 0.0345. The first-order valence-electron chi connectivity index (χ1n) is 12.3. The van der Waals surface area contributed by atoms with Crippen LogP contribution in [0.3, 0.4) is 0 Å². The molecule has 0 saturated heterocycles. The Morgan fingerprint density at radius 1 is 1.00 bits per heavy atom. The molecule has 0 spiro atoms. The number of aryl methyl sites for hydroxylation is 1. The van der Waals surface area contributed by atoms with E-state index in [-0.39, 0.29) is 5.91 Å². The maximum absolute atomic E-state index is 12.6. The molecule has 1 aromatic carbocycles. The van der Waals surface area contributed by atoms with Crippen molar-refractivity contribution in [3.05, 3.63) is 103 Å². The molecular weight excluding hydrogens is 490 g/mol. The van der Waals surface area contributed by atoms with E-state index >= 15 is 0 Å². The molecule has 39 heavy (non-hydrogen) atoms. The van der Waals surface area contributed by atoms with Crippen LogP contribution in [0.5, 0.6) is 0 Å². The Hall–Kier alpha value is -5.64. The van der Waals surface area contributed by atoms with E-state index in [1.807, 2.05) is 66.2 Å². The summed E-state index contributed by atoms with van der Waals surface area (Å²) in [6, 6.07) is 18.7. The first kappa shape index (κ1) is 22.5. The largest absolute Gasteiger partial charge is 0.338 e. The summed E-state index contributed by atoms with van der Waals surface area (Å²) in [5, 5.41) is 11.5. The van der Waals surface area contributed by atoms with E-state index in [9.17, 15) is 4.79 Å². The van der Waals surface area contributed by atoms with Gasteiger partial charge in [0.2, 0.25) is 0 Å². The summed E-state index contributed by atoms with van der Waals surface area (Å²) < 4.78 is 1.98. The lowest BCUT2D eigenvalue weighted by atomic mass is 10.1. The number of aromatic nitrogens is 8. The van der Waals surface area contributed by atoms with Gasteiger partial charge in [-0.3, -0.25) is 14.9 Å². The van der Waals surface area contributed by atoms with Crippen LogP contribution in [0.4, 0.5) is 5.69 Å². The third-order valence-corrected chi connectivity index (χ3v) is 6.49. The second-order valence-corrected chi connectivity index (χ2v) is 9.15. The molecule has 1 amide bonds. The molecule has 10 nitrogen and oxygen atoms in total. The number of carbonyl (C=O) groups is 1. The van der Waals surface area contributed by atoms with Gasteiger partial charge in [-0.1, -0.05) is 18.2 Å². The number of rotatable bonds is 5. The molecule has 7 rings (SSSR count). The molecule has 188 valence electrons. The van der Waals surface area contributed by atoms with Crippen molar-refractivity contribution in [2.75, 3.05) is 5.32 Å². The highest BCUT2D eigenvalue weighted by Crippen LogP contribution is 2.31. The van der Waals surface area contributed by atoms with Crippen LogP contribution in [-0.2, 0) is 0 Å². The highest BCUT2D eigenvalue weighted by Gasteiger charge is 2.16. The minimum absolute atomic E-state index is 0.201. The second-order valence-electron chi connectivity index (χ2n) is 9.15. The number of hydrogen-bond acceptors (Lipinski definition) is 6. The Morgan fingerprint density at radius 2 is 1.90 bits per heavy atom. The molecule has 0 atom stereocenters. The third-order valence-electron chi connectivity index (χ3n) is 6.49. The number of H-pyrrole nitrogens is 2. The predicted molar refractivity (Wildman–Crippen MR) is 148 cm³/mol. The summed E-state index contributed by atoms with van der Waals surface area (Å²) >= 11 is 0. The van der Waals surface area contributed by atoms with Crippen molar-refractivity contribution in [2.24, 2.45) is 0 Å². The van der Waals surface area contributed by atoms with Crippen molar-refractivity contribution in [3.63, 3.8) is 0 Å². The van der Waals surface area contributed by atoms with Crippen LogP contribution in [-0.4, -0.2) is 45.6 Å². The third kappa shape index (κ3) is 4.09. The van der Waals surface area contributed by atoms with E-state index in [0.29, 0.717) is 28.2 Å². The van der Waals surface area contributed by atoms with Gasteiger partial charge >= 0.3 is 0 Å². The smallest absolute Gasteiger partial charge is 0.255 e. The lowest BCUT2D eigenvalue weighted by Crippen LogP contribution is -2.11. The van der Waals surface area contributed by atoms with E-state index in [0.717, 1.165) is 39.2 Å². The molecule has 6 aromatic heterocycles. The van der Waals surface area contributed by atoms with Crippen molar-refractivity contribution in [1.82, 2.24) is 39.7 Å². The number of anilines is 1. The van der Waals surface area contributed by atoms with Crippen LogP contribution in [0.15, 0.2) is 91.8 Å². The maximum atomic E-state index is 12.6. The molecule has 0 radical (unpaired) electrons. The van der Waals surface area contributed by atoms with Gasteiger partial charge in [-0.2, -0.15) is 5.10 Å². The van der Waals surface area contributed by atoms with Gasteiger partial charge < -0.3 is 14.9 Å². The topological polar surface area (TPSA) is 130 Å². The number of benzene rings is 1. The van der Waals surface area contributed by atoms with Gasteiger partial charge in [-0.15, -0.1) is 0 Å². The van der Waals surface area contributed by atoms with Crippen LogP contribution < -0.4 is 5.32 Å². The molecule has 0 bridgehead atoms. The first-order valence-corrected chi connectivity index (χ1v) is 12.3. The maximum Gasteiger partial charge on any atom is 0.255 e. The summed E-state index contributed by atoms with van der Waals surface area (Å²) in [4.78, 5) is 34.1. The minimum atomic E-state index is -0.201. The zero-order valence-electron chi connectivity index (χ0n) is 20.8. The highest BCUT2D eigenvalue weighted by atomic mass is 16.1. The van der Waals surface area contributed by atoms with Crippen molar-refractivity contribution in [2.45, 2.75) is 6.92 Å². The van der Waals surface area contributed by atoms with Crippen LogP contribution in [0.1, 0.15) is 16.1 Å². The van der Waals surface area contributed by atoms with Crippen molar-refractivity contribution in [1.29, 1.82) is 0 Å². The second kappa shape index (κ2) is 9.03. The van der Waals surface area contributed by atoms with E-state index in [2.05, 4.69) is 35.5 Å². The van der Waals surface area contributed by atoms with Crippen LogP contribution >= 0.6 is 0 Å². The summed E-state index contributed by atoms with van der Waals surface area (Å²) in [5.41, 5.74) is 8.25. The average molecular weight is 512 g/mol. The van der Waals surface area contributed by atoms with Gasteiger partial charge in [0.25, 0.3) is 5.91 Å². The number of carbonyl (C=O) groups excluding carboxylic acids is 1. The zero-order valence-corrected chi connectivity index (χ0v) is 20.8. The van der Waals surface area contributed by atoms with Gasteiger partial charge in [0.1, 0.15) is 16.9 Å². The molecule has 6 heterocycles. The predicted octanol–water partition coefficient (Wildman–Crippen LogP) is 5.31. The molecule has 10 heteroatoms. The minimum Gasteiger partial charge on any atom is -0.338 e. The number of aromatic amines is 2. The Labute approximate surface area is 221 Å².